The first-order valence-corrected chi connectivity index (χ1v) is 11.7. The number of anilines is 1. The number of aryl methyl sites for hydroxylation is 4. The van der Waals surface area contributed by atoms with Crippen LogP contribution in [0.1, 0.15) is 28.1 Å². The van der Waals surface area contributed by atoms with E-state index in [4.69, 9.17) is 4.98 Å². The van der Waals surface area contributed by atoms with E-state index in [9.17, 15) is 26.7 Å². The van der Waals surface area contributed by atoms with Crippen LogP contribution < -0.4 is 5.32 Å². The Morgan fingerprint density at radius 1 is 0.757 bits per heavy atom. The molecule has 0 radical (unpaired) electrons. The molecular formula is C28H20F5N3O. The van der Waals surface area contributed by atoms with Crippen LogP contribution in [0.25, 0.3) is 11.3 Å². The van der Waals surface area contributed by atoms with Gasteiger partial charge < -0.3 is 5.32 Å². The van der Waals surface area contributed by atoms with Crippen LogP contribution in [0, 0.1) is 29.1 Å². The molecule has 0 aliphatic heterocycles. The van der Waals surface area contributed by atoms with E-state index in [1.807, 2.05) is 54.6 Å². The molecule has 0 spiro atoms. The minimum Gasteiger partial charge on any atom is -0.309 e. The zero-order valence-electron chi connectivity index (χ0n) is 19.4. The van der Waals surface area contributed by atoms with Gasteiger partial charge in [0, 0.05) is 11.1 Å². The Morgan fingerprint density at radius 3 is 2.14 bits per heavy atom. The van der Waals surface area contributed by atoms with Crippen LogP contribution >= 0.6 is 0 Å². The second-order valence-electron chi connectivity index (χ2n) is 8.73. The molecule has 1 aliphatic rings. The Labute approximate surface area is 209 Å². The number of nitrogens with zero attached hydrogens (tertiary/aromatic N) is 2. The van der Waals surface area contributed by atoms with E-state index in [0.717, 1.165) is 23.1 Å². The summed E-state index contributed by atoms with van der Waals surface area (Å²) in [5, 5.41) is 2.49. The van der Waals surface area contributed by atoms with Gasteiger partial charge in [-0.25, -0.2) is 31.9 Å². The van der Waals surface area contributed by atoms with E-state index in [1.165, 1.54) is 0 Å². The Morgan fingerprint density at radius 2 is 1.41 bits per heavy atom. The lowest BCUT2D eigenvalue weighted by Gasteiger charge is -2.21. The summed E-state index contributed by atoms with van der Waals surface area (Å²) in [7, 11) is 0. The van der Waals surface area contributed by atoms with E-state index < -0.39 is 47.0 Å². The molecule has 0 bridgehead atoms. The molecule has 3 aromatic carbocycles. The summed E-state index contributed by atoms with van der Waals surface area (Å²) >= 11 is 0. The maximum atomic E-state index is 14.1. The molecule has 1 heterocycles. The number of rotatable bonds is 6. The molecule has 4 aromatic rings. The first-order chi connectivity index (χ1) is 17.8. The largest absolute Gasteiger partial charge is 0.309 e. The number of hydrogen-bond donors (Lipinski definition) is 1. The van der Waals surface area contributed by atoms with Crippen LogP contribution in [0.2, 0.25) is 0 Å². The maximum Gasteiger partial charge on any atom is 0.230 e. The number of hydrogen-bond acceptors (Lipinski definition) is 3. The minimum atomic E-state index is -2.27. The molecule has 5 rings (SSSR count). The Balaban J connectivity index is 1.48. The van der Waals surface area contributed by atoms with Gasteiger partial charge in [-0.05, 0) is 36.8 Å². The van der Waals surface area contributed by atoms with Crippen molar-refractivity contribution < 1.29 is 26.7 Å². The van der Waals surface area contributed by atoms with Gasteiger partial charge in [0.1, 0.15) is 0 Å². The molecular weight excluding hydrogens is 489 g/mol. The smallest absolute Gasteiger partial charge is 0.230 e. The summed E-state index contributed by atoms with van der Waals surface area (Å²) in [6, 6.07) is 17.4. The molecule has 0 fully saturated rings. The SMILES string of the molecule is O=C(Cc1c(F)c(F)c(F)c(F)c1F)Nc1nc2c(nc1CCc1ccccc1)-c1ccccc1CC2. The van der Waals surface area contributed by atoms with Crippen LogP contribution in [0.15, 0.2) is 54.6 Å². The number of aromatic nitrogens is 2. The number of halogens is 5. The van der Waals surface area contributed by atoms with Crippen molar-refractivity contribution in [2.45, 2.75) is 32.1 Å². The van der Waals surface area contributed by atoms with E-state index in [0.29, 0.717) is 36.3 Å². The van der Waals surface area contributed by atoms with Crippen LogP contribution in [0.5, 0.6) is 0 Å². The highest BCUT2D eigenvalue weighted by atomic mass is 19.2. The third-order valence-electron chi connectivity index (χ3n) is 6.33. The van der Waals surface area contributed by atoms with Crippen molar-refractivity contribution >= 4 is 11.7 Å². The molecule has 4 nitrogen and oxygen atoms in total. The lowest BCUT2D eigenvalue weighted by Crippen LogP contribution is -2.22. The molecule has 9 heteroatoms. The van der Waals surface area contributed by atoms with Crippen LogP contribution in [0.4, 0.5) is 27.8 Å². The predicted molar refractivity (Wildman–Crippen MR) is 127 cm³/mol. The average Bonchev–Trinajstić information content (AvgIpc) is 2.92. The molecule has 1 aromatic heterocycles. The van der Waals surface area contributed by atoms with Crippen molar-refractivity contribution in [2.24, 2.45) is 0 Å². The zero-order valence-corrected chi connectivity index (χ0v) is 19.4. The van der Waals surface area contributed by atoms with Crippen LogP contribution in [0.3, 0.4) is 0 Å². The van der Waals surface area contributed by atoms with E-state index in [2.05, 4.69) is 10.3 Å². The van der Waals surface area contributed by atoms with Crippen molar-refractivity contribution in [3.63, 3.8) is 0 Å². The summed E-state index contributed by atoms with van der Waals surface area (Å²) in [6.07, 6.45) is 1.20. The third-order valence-corrected chi connectivity index (χ3v) is 6.33. The molecule has 37 heavy (non-hydrogen) atoms. The summed E-state index contributed by atoms with van der Waals surface area (Å²) in [4.78, 5) is 22.2. The van der Waals surface area contributed by atoms with Gasteiger partial charge >= 0.3 is 0 Å². The summed E-state index contributed by atoms with van der Waals surface area (Å²) in [5.41, 5.74) is 3.68. The van der Waals surface area contributed by atoms with Gasteiger partial charge in [0.15, 0.2) is 29.1 Å². The van der Waals surface area contributed by atoms with Gasteiger partial charge in [-0.3, -0.25) is 4.79 Å². The van der Waals surface area contributed by atoms with Crippen molar-refractivity contribution in [1.29, 1.82) is 0 Å². The monoisotopic (exact) mass is 509 g/mol. The fraction of sp³-hybridized carbons (Fsp3) is 0.179. The number of nitrogens with one attached hydrogen (secondary N) is 1. The quantitative estimate of drug-likeness (QED) is 0.200. The number of carbonyl (C=O) groups excluding carboxylic acids is 1. The maximum absolute atomic E-state index is 14.1. The number of fused-ring (bicyclic) bond motifs is 3. The molecule has 0 atom stereocenters. The zero-order chi connectivity index (χ0) is 26.1. The first-order valence-electron chi connectivity index (χ1n) is 11.7. The molecule has 0 saturated heterocycles. The highest BCUT2D eigenvalue weighted by Crippen LogP contribution is 2.33. The van der Waals surface area contributed by atoms with E-state index >= 15 is 0 Å². The van der Waals surface area contributed by atoms with Gasteiger partial charge in [0.05, 0.1) is 23.5 Å². The van der Waals surface area contributed by atoms with Gasteiger partial charge in [-0.1, -0.05) is 54.6 Å². The van der Waals surface area contributed by atoms with Gasteiger partial charge in [0.25, 0.3) is 0 Å². The van der Waals surface area contributed by atoms with Crippen LogP contribution in [-0.4, -0.2) is 15.9 Å². The second kappa shape index (κ2) is 10.1. The fourth-order valence-electron chi connectivity index (χ4n) is 4.44. The summed E-state index contributed by atoms with van der Waals surface area (Å²) in [6.45, 7) is 0. The number of carbonyl (C=O) groups is 1. The van der Waals surface area contributed by atoms with Crippen molar-refractivity contribution in [1.82, 2.24) is 9.97 Å². The molecule has 0 saturated carbocycles. The van der Waals surface area contributed by atoms with Crippen molar-refractivity contribution in [3.05, 3.63) is 112 Å². The fourth-order valence-corrected chi connectivity index (χ4v) is 4.44. The molecule has 1 amide bonds. The highest BCUT2D eigenvalue weighted by molar-refractivity contribution is 5.92. The van der Waals surface area contributed by atoms with Gasteiger partial charge in [0.2, 0.25) is 11.7 Å². The summed E-state index contributed by atoms with van der Waals surface area (Å²) in [5.74, 6) is -11.4. The molecule has 0 unspecified atom stereocenters. The number of benzene rings is 3. The Hall–Kier alpha value is -4.14. The Bertz CT molecular complexity index is 1480. The van der Waals surface area contributed by atoms with Gasteiger partial charge in [-0.15, -0.1) is 0 Å². The molecule has 1 aliphatic carbocycles. The molecule has 188 valence electrons. The van der Waals surface area contributed by atoms with E-state index in [-0.39, 0.29) is 5.82 Å². The topological polar surface area (TPSA) is 54.9 Å². The van der Waals surface area contributed by atoms with Crippen molar-refractivity contribution in [2.75, 3.05) is 5.32 Å². The Kier molecular flexibility index (Phi) is 6.69. The normalized spacial score (nSPS) is 12.1. The van der Waals surface area contributed by atoms with Crippen LogP contribution in [-0.2, 0) is 36.9 Å². The lowest BCUT2D eigenvalue weighted by molar-refractivity contribution is -0.115. The minimum absolute atomic E-state index is 0.0999. The van der Waals surface area contributed by atoms with E-state index in [1.54, 1.807) is 0 Å². The molecule has 1 N–H and O–H groups in total. The third kappa shape index (κ3) is 4.81. The summed E-state index contributed by atoms with van der Waals surface area (Å²) < 4.78 is 68.8. The average molecular weight is 509 g/mol. The predicted octanol–water partition coefficient (Wildman–Crippen LogP) is 5.90. The first kappa shape index (κ1) is 24.5. The highest BCUT2D eigenvalue weighted by Gasteiger charge is 2.28. The van der Waals surface area contributed by atoms with Gasteiger partial charge in [-0.2, -0.15) is 0 Å². The lowest BCUT2D eigenvalue weighted by atomic mass is 9.91. The van der Waals surface area contributed by atoms with Crippen molar-refractivity contribution in [3.8, 4) is 11.3 Å². The standard InChI is InChI=1S/C28H20F5N3O/c29-22-18(23(30)25(32)26(33)24(22)31)14-21(37)36-28-20(12-10-15-6-2-1-3-7-15)34-27-17-9-5-4-8-16(17)11-13-19(27)35-28/h1-9H,10-14H2,(H,35,36,37). The second-order valence-corrected chi connectivity index (χ2v) is 8.73. The number of amides is 1.